The second kappa shape index (κ2) is 5.40. The molecule has 0 bridgehead atoms. The van der Waals surface area contributed by atoms with Gasteiger partial charge in [0.2, 0.25) is 0 Å². The molecule has 0 atom stereocenters. The lowest BCUT2D eigenvalue weighted by Gasteiger charge is -2.29. The average molecular weight is 274 g/mol. The third kappa shape index (κ3) is 2.92. The molecule has 1 aromatic heterocycles. The number of nitrogens with zero attached hydrogens (tertiary/aromatic N) is 2. The second-order valence-corrected chi connectivity index (χ2v) is 6.32. The van der Waals surface area contributed by atoms with Gasteiger partial charge in [0.15, 0.2) is 0 Å². The first-order chi connectivity index (χ1) is 8.50. The molecule has 0 N–H and O–H groups in total. The van der Waals surface area contributed by atoms with Gasteiger partial charge in [-0.25, -0.2) is 0 Å². The molecule has 2 rings (SSSR count). The van der Waals surface area contributed by atoms with E-state index >= 15 is 0 Å². The number of hydrogen-bond donors (Lipinski definition) is 0. The molecule has 0 unspecified atom stereocenters. The lowest BCUT2D eigenvalue weighted by Crippen LogP contribution is -2.46. The van der Waals surface area contributed by atoms with Crippen molar-refractivity contribution in [3.8, 4) is 0 Å². The summed E-state index contributed by atoms with van der Waals surface area (Å²) in [5.74, 6) is 1.43. The van der Waals surface area contributed by atoms with Crippen molar-refractivity contribution < 1.29 is 17.6 Å². The Bertz CT molecular complexity index is 491. The lowest BCUT2D eigenvalue weighted by molar-refractivity contribution is 0.0704. The van der Waals surface area contributed by atoms with Crippen LogP contribution in [0.2, 0.25) is 0 Å². The van der Waals surface area contributed by atoms with Gasteiger partial charge in [0.25, 0.3) is 10.2 Å². The number of morpholine rings is 1. The molecule has 6 nitrogen and oxygen atoms in total. The Balaban J connectivity index is 2.04. The van der Waals surface area contributed by atoms with Crippen LogP contribution in [0.3, 0.4) is 0 Å². The minimum absolute atomic E-state index is 0.244. The molecule has 0 aromatic carbocycles. The predicted octanol–water partition coefficient (Wildman–Crippen LogP) is 0.597. The Labute approximate surface area is 107 Å². The fourth-order valence-corrected chi connectivity index (χ4v) is 3.14. The Morgan fingerprint density at radius 2 is 2.00 bits per heavy atom. The van der Waals surface area contributed by atoms with E-state index in [1.807, 2.05) is 13.0 Å². The molecular formula is C11H18N2O4S. The maximum Gasteiger partial charge on any atom is 0.282 e. The maximum atomic E-state index is 12.3. The van der Waals surface area contributed by atoms with E-state index in [-0.39, 0.29) is 6.54 Å². The molecule has 2 heterocycles. The Hall–Kier alpha value is -0.890. The quantitative estimate of drug-likeness (QED) is 0.806. The first-order valence-corrected chi connectivity index (χ1v) is 7.24. The van der Waals surface area contributed by atoms with Gasteiger partial charge in [-0.1, -0.05) is 0 Å². The van der Waals surface area contributed by atoms with Gasteiger partial charge in [-0.15, -0.1) is 0 Å². The molecule has 18 heavy (non-hydrogen) atoms. The van der Waals surface area contributed by atoms with Crippen LogP contribution in [0.1, 0.15) is 11.5 Å². The van der Waals surface area contributed by atoms with Crippen LogP contribution in [0.15, 0.2) is 16.5 Å². The van der Waals surface area contributed by atoms with Crippen LogP contribution in [0.5, 0.6) is 0 Å². The second-order valence-electron chi connectivity index (χ2n) is 4.29. The summed E-state index contributed by atoms with van der Waals surface area (Å²) in [6.45, 7) is 3.79. The molecule has 0 spiro atoms. The Morgan fingerprint density at radius 1 is 1.33 bits per heavy atom. The largest absolute Gasteiger partial charge is 0.465 e. The number of ether oxygens (including phenoxy) is 1. The molecule has 102 valence electrons. The molecule has 7 heteroatoms. The first-order valence-electron chi connectivity index (χ1n) is 5.84. The van der Waals surface area contributed by atoms with Crippen molar-refractivity contribution in [2.75, 3.05) is 33.4 Å². The SMILES string of the molecule is Cc1ccc(CN(C)S(=O)(=O)N2CCOCC2)o1. The van der Waals surface area contributed by atoms with Crippen LogP contribution in [0.4, 0.5) is 0 Å². The van der Waals surface area contributed by atoms with E-state index in [0.717, 1.165) is 5.76 Å². The van der Waals surface area contributed by atoms with Crippen molar-refractivity contribution >= 4 is 10.2 Å². The summed E-state index contributed by atoms with van der Waals surface area (Å²) in [7, 11) is -1.87. The van der Waals surface area contributed by atoms with Crippen molar-refractivity contribution in [2.45, 2.75) is 13.5 Å². The molecule has 1 aliphatic heterocycles. The molecule has 0 aliphatic carbocycles. The van der Waals surface area contributed by atoms with Gasteiger partial charge in [-0.05, 0) is 19.1 Å². The number of furan rings is 1. The average Bonchev–Trinajstić information content (AvgIpc) is 2.76. The lowest BCUT2D eigenvalue weighted by atomic mass is 10.4. The number of aryl methyl sites for hydroxylation is 1. The summed E-state index contributed by atoms with van der Waals surface area (Å²) in [5.41, 5.74) is 0. The summed E-state index contributed by atoms with van der Waals surface area (Å²) >= 11 is 0. The van der Waals surface area contributed by atoms with Gasteiger partial charge in [-0.3, -0.25) is 0 Å². The molecule has 1 fully saturated rings. The van der Waals surface area contributed by atoms with Crippen LogP contribution >= 0.6 is 0 Å². The van der Waals surface area contributed by atoms with Crippen molar-refractivity contribution in [2.24, 2.45) is 0 Å². The van der Waals surface area contributed by atoms with Crippen LogP contribution in [0, 0.1) is 6.92 Å². The monoisotopic (exact) mass is 274 g/mol. The summed E-state index contributed by atoms with van der Waals surface area (Å²) in [6, 6.07) is 3.62. The highest BCUT2D eigenvalue weighted by molar-refractivity contribution is 7.86. The summed E-state index contributed by atoms with van der Waals surface area (Å²) in [4.78, 5) is 0. The third-order valence-electron chi connectivity index (χ3n) is 2.86. The molecule has 0 saturated carbocycles. The summed E-state index contributed by atoms with van der Waals surface area (Å²) in [6.07, 6.45) is 0. The van der Waals surface area contributed by atoms with Crippen molar-refractivity contribution in [3.05, 3.63) is 23.7 Å². The zero-order valence-electron chi connectivity index (χ0n) is 10.6. The van der Waals surface area contributed by atoms with Crippen molar-refractivity contribution in [1.82, 2.24) is 8.61 Å². The van der Waals surface area contributed by atoms with E-state index in [0.29, 0.717) is 32.1 Å². The number of rotatable bonds is 4. The molecule has 0 amide bonds. The zero-order chi connectivity index (χ0) is 13.2. The summed E-state index contributed by atoms with van der Waals surface area (Å²) < 4.78 is 37.8. The predicted molar refractivity (Wildman–Crippen MR) is 66.2 cm³/mol. The highest BCUT2D eigenvalue weighted by Gasteiger charge is 2.28. The Kier molecular flexibility index (Phi) is 4.06. The van der Waals surface area contributed by atoms with E-state index in [4.69, 9.17) is 9.15 Å². The fraction of sp³-hybridized carbons (Fsp3) is 0.636. The van der Waals surface area contributed by atoms with E-state index in [9.17, 15) is 8.42 Å². The Morgan fingerprint density at radius 3 is 2.56 bits per heavy atom. The maximum absolute atomic E-state index is 12.3. The highest BCUT2D eigenvalue weighted by Crippen LogP contribution is 2.14. The number of hydrogen-bond acceptors (Lipinski definition) is 4. The summed E-state index contributed by atoms with van der Waals surface area (Å²) in [5, 5.41) is 0. The first kappa shape index (κ1) is 13.5. The van der Waals surface area contributed by atoms with Gasteiger partial charge < -0.3 is 9.15 Å². The van der Waals surface area contributed by atoms with Crippen LogP contribution in [0.25, 0.3) is 0 Å². The van der Waals surface area contributed by atoms with Gasteiger partial charge in [0, 0.05) is 20.1 Å². The van der Waals surface area contributed by atoms with Crippen molar-refractivity contribution in [3.63, 3.8) is 0 Å². The molecule has 1 aliphatic rings. The molecule has 1 saturated heterocycles. The standard InChI is InChI=1S/C11H18N2O4S/c1-10-3-4-11(17-10)9-12(2)18(14,15)13-5-7-16-8-6-13/h3-4H,5-9H2,1-2H3. The topological polar surface area (TPSA) is 63.0 Å². The van der Waals surface area contributed by atoms with Gasteiger partial charge in [-0.2, -0.15) is 17.0 Å². The van der Waals surface area contributed by atoms with Crippen LogP contribution < -0.4 is 0 Å². The molecule has 1 aromatic rings. The van der Waals surface area contributed by atoms with Crippen LogP contribution in [-0.2, 0) is 21.5 Å². The molecular weight excluding hydrogens is 256 g/mol. The third-order valence-corrected chi connectivity index (χ3v) is 4.80. The fourth-order valence-electron chi connectivity index (χ4n) is 1.85. The zero-order valence-corrected chi connectivity index (χ0v) is 11.4. The minimum Gasteiger partial charge on any atom is -0.465 e. The highest BCUT2D eigenvalue weighted by atomic mass is 32.2. The smallest absolute Gasteiger partial charge is 0.282 e. The van der Waals surface area contributed by atoms with Crippen molar-refractivity contribution in [1.29, 1.82) is 0 Å². The van der Waals surface area contributed by atoms with E-state index in [1.54, 1.807) is 13.1 Å². The van der Waals surface area contributed by atoms with Gasteiger partial charge >= 0.3 is 0 Å². The van der Waals surface area contributed by atoms with Gasteiger partial charge in [0.1, 0.15) is 11.5 Å². The normalized spacial score (nSPS) is 18.4. The minimum atomic E-state index is -3.42. The molecule has 0 radical (unpaired) electrons. The van der Waals surface area contributed by atoms with Crippen LogP contribution in [-0.4, -0.2) is 50.4 Å². The van der Waals surface area contributed by atoms with Gasteiger partial charge in [0.05, 0.1) is 19.8 Å². The van der Waals surface area contributed by atoms with E-state index < -0.39 is 10.2 Å². The van der Waals surface area contributed by atoms with E-state index in [1.165, 1.54) is 8.61 Å². The van der Waals surface area contributed by atoms with E-state index in [2.05, 4.69) is 0 Å².